The summed E-state index contributed by atoms with van der Waals surface area (Å²) >= 11 is 12.2. The summed E-state index contributed by atoms with van der Waals surface area (Å²) in [6, 6.07) is 17.7. The fourth-order valence-electron chi connectivity index (χ4n) is 2.27. The lowest BCUT2D eigenvalue weighted by atomic mass is 9.90. The third-order valence-electron chi connectivity index (χ3n) is 3.52. The van der Waals surface area contributed by atoms with Gasteiger partial charge in [-0.1, -0.05) is 47.5 Å². The Morgan fingerprint density at radius 1 is 1.00 bits per heavy atom. The summed E-state index contributed by atoms with van der Waals surface area (Å²) in [6.07, 6.45) is 1.25. The highest BCUT2D eigenvalue weighted by molar-refractivity contribution is 6.34. The molecule has 1 N–H and O–H groups in total. The fourth-order valence-corrected chi connectivity index (χ4v) is 2.95. The zero-order valence-electron chi connectivity index (χ0n) is 12.6. The Balaban J connectivity index is 1.89. The molecule has 0 aliphatic heterocycles. The standard InChI is InChI=1S/C18H12Cl2N2O2/c1-18(23,15-16(19)21-11-22-17(15)20)12-7-9-14(10-8-12)24-13-5-3-2-4-6-13/h3,5-11,23H,1H3. The quantitative estimate of drug-likeness (QED) is 0.700. The molecule has 3 aromatic rings. The lowest BCUT2D eigenvalue weighted by Gasteiger charge is -2.25. The zero-order chi connectivity index (χ0) is 17.2. The lowest BCUT2D eigenvalue weighted by molar-refractivity contribution is 0.102. The molecule has 0 fully saturated rings. The van der Waals surface area contributed by atoms with Gasteiger partial charge in [0.15, 0.2) is 0 Å². The topological polar surface area (TPSA) is 55.2 Å². The molecule has 2 aromatic carbocycles. The van der Waals surface area contributed by atoms with E-state index in [0.717, 1.165) is 0 Å². The van der Waals surface area contributed by atoms with E-state index in [9.17, 15) is 5.11 Å². The van der Waals surface area contributed by atoms with E-state index in [2.05, 4.69) is 22.1 Å². The van der Waals surface area contributed by atoms with Gasteiger partial charge in [0.25, 0.3) is 0 Å². The van der Waals surface area contributed by atoms with Crippen molar-refractivity contribution in [2.24, 2.45) is 0 Å². The highest BCUT2D eigenvalue weighted by Crippen LogP contribution is 2.37. The van der Waals surface area contributed by atoms with Crippen molar-refractivity contribution in [3.63, 3.8) is 0 Å². The molecule has 0 saturated heterocycles. The number of nitrogens with zero attached hydrogens (tertiary/aromatic N) is 2. The van der Waals surface area contributed by atoms with Crippen LogP contribution in [0.5, 0.6) is 11.5 Å². The highest BCUT2D eigenvalue weighted by atomic mass is 35.5. The van der Waals surface area contributed by atoms with Crippen LogP contribution in [0.4, 0.5) is 0 Å². The van der Waals surface area contributed by atoms with Crippen LogP contribution < -0.4 is 4.74 Å². The first kappa shape index (κ1) is 16.5. The van der Waals surface area contributed by atoms with Gasteiger partial charge in [0.05, 0.1) is 5.56 Å². The number of hydrogen-bond acceptors (Lipinski definition) is 4. The second-order valence-electron chi connectivity index (χ2n) is 5.20. The molecule has 1 atom stereocenters. The maximum Gasteiger partial charge on any atom is 0.140 e. The molecular formula is C18H12Cl2N2O2. The van der Waals surface area contributed by atoms with E-state index in [1.165, 1.54) is 6.33 Å². The minimum absolute atomic E-state index is 0.108. The summed E-state index contributed by atoms with van der Waals surface area (Å²) in [5.74, 6) is 1.27. The summed E-state index contributed by atoms with van der Waals surface area (Å²) in [5.41, 5.74) is -0.597. The number of benzene rings is 1. The number of ether oxygens (including phenoxy) is 1. The number of halogens is 2. The summed E-state index contributed by atoms with van der Waals surface area (Å²) in [5, 5.41) is 11.1. The van der Waals surface area contributed by atoms with Crippen LogP contribution in [0.2, 0.25) is 10.3 Å². The Morgan fingerprint density at radius 3 is 2.25 bits per heavy atom. The van der Waals surface area contributed by atoms with E-state index in [0.29, 0.717) is 17.1 Å². The van der Waals surface area contributed by atoms with Crippen LogP contribution in [0.3, 0.4) is 0 Å². The minimum Gasteiger partial charge on any atom is -0.457 e. The van der Waals surface area contributed by atoms with Crippen LogP contribution in [0.1, 0.15) is 18.1 Å². The monoisotopic (exact) mass is 358 g/mol. The molecule has 120 valence electrons. The van der Waals surface area contributed by atoms with Crippen molar-refractivity contribution >= 4 is 23.2 Å². The van der Waals surface area contributed by atoms with Gasteiger partial charge >= 0.3 is 0 Å². The van der Waals surface area contributed by atoms with Crippen molar-refractivity contribution in [1.29, 1.82) is 0 Å². The van der Waals surface area contributed by atoms with Crippen LogP contribution >= 0.6 is 23.2 Å². The smallest absolute Gasteiger partial charge is 0.140 e. The van der Waals surface area contributed by atoms with Gasteiger partial charge in [-0.15, -0.1) is 0 Å². The molecular weight excluding hydrogens is 347 g/mol. The van der Waals surface area contributed by atoms with Crippen LogP contribution in [0.25, 0.3) is 0 Å². The molecule has 1 unspecified atom stereocenters. The first-order valence-corrected chi connectivity index (χ1v) is 7.79. The Bertz CT molecular complexity index is 817. The maximum atomic E-state index is 10.9. The van der Waals surface area contributed by atoms with Crippen molar-refractivity contribution in [1.82, 2.24) is 9.97 Å². The van der Waals surface area contributed by atoms with Crippen molar-refractivity contribution < 1.29 is 9.84 Å². The van der Waals surface area contributed by atoms with Gasteiger partial charge in [0.2, 0.25) is 0 Å². The summed E-state index contributed by atoms with van der Waals surface area (Å²) < 4.78 is 5.69. The molecule has 0 radical (unpaired) electrons. The van der Waals surface area contributed by atoms with Crippen LogP contribution in [0.15, 0.2) is 48.8 Å². The summed E-state index contributed by atoms with van der Waals surface area (Å²) in [7, 11) is 0. The Morgan fingerprint density at radius 2 is 1.67 bits per heavy atom. The fraction of sp³-hybridized carbons (Fsp3) is 0.111. The molecule has 1 aromatic heterocycles. The van der Waals surface area contributed by atoms with E-state index in [1.54, 1.807) is 49.4 Å². The zero-order valence-corrected chi connectivity index (χ0v) is 14.1. The van der Waals surface area contributed by atoms with Crippen LogP contribution in [0, 0.1) is 12.1 Å². The number of rotatable bonds is 4. The molecule has 3 rings (SSSR count). The van der Waals surface area contributed by atoms with E-state index in [-0.39, 0.29) is 15.9 Å². The van der Waals surface area contributed by atoms with Gasteiger partial charge in [-0.3, -0.25) is 0 Å². The largest absolute Gasteiger partial charge is 0.457 e. The highest BCUT2D eigenvalue weighted by Gasteiger charge is 2.32. The molecule has 0 spiro atoms. The first-order valence-electron chi connectivity index (χ1n) is 7.03. The maximum absolute atomic E-state index is 10.9. The summed E-state index contributed by atoms with van der Waals surface area (Å²) in [6.45, 7) is 1.58. The van der Waals surface area contributed by atoms with E-state index in [1.807, 2.05) is 0 Å². The predicted molar refractivity (Wildman–Crippen MR) is 91.4 cm³/mol. The van der Waals surface area contributed by atoms with Crippen LogP contribution in [-0.4, -0.2) is 15.1 Å². The molecule has 24 heavy (non-hydrogen) atoms. The average Bonchev–Trinajstić information content (AvgIpc) is 2.56. The number of aromatic nitrogens is 2. The van der Waals surface area contributed by atoms with Crippen molar-refractivity contribution in [3.8, 4) is 11.5 Å². The van der Waals surface area contributed by atoms with E-state index < -0.39 is 5.60 Å². The SMILES string of the molecule is CC(O)(c1ccc(Oc2cc#ccc2)cc1)c1c(Cl)ncnc1Cl. The average molecular weight is 359 g/mol. The molecule has 0 bridgehead atoms. The molecule has 0 amide bonds. The lowest BCUT2D eigenvalue weighted by Crippen LogP contribution is -2.24. The van der Waals surface area contributed by atoms with Crippen molar-refractivity contribution in [3.05, 3.63) is 82.4 Å². The Labute approximate surface area is 149 Å². The molecule has 4 nitrogen and oxygen atoms in total. The molecule has 6 heteroatoms. The van der Waals surface area contributed by atoms with Gasteiger partial charge in [-0.05, 0) is 36.8 Å². The van der Waals surface area contributed by atoms with E-state index in [4.69, 9.17) is 27.9 Å². The molecule has 0 saturated carbocycles. The van der Waals surface area contributed by atoms with Crippen molar-refractivity contribution in [2.45, 2.75) is 12.5 Å². The van der Waals surface area contributed by atoms with Crippen molar-refractivity contribution in [2.75, 3.05) is 0 Å². The van der Waals surface area contributed by atoms with Gasteiger partial charge in [0.1, 0.15) is 33.7 Å². The van der Waals surface area contributed by atoms with E-state index >= 15 is 0 Å². The first-order chi connectivity index (χ1) is 11.5. The van der Waals surface area contributed by atoms with Gasteiger partial charge < -0.3 is 9.84 Å². The van der Waals surface area contributed by atoms with Gasteiger partial charge in [-0.2, -0.15) is 0 Å². The molecule has 0 aliphatic carbocycles. The number of hydrogen-bond donors (Lipinski definition) is 1. The molecule has 1 heterocycles. The molecule has 0 aliphatic rings. The Kier molecular flexibility index (Phi) is 4.59. The second-order valence-corrected chi connectivity index (χ2v) is 5.91. The minimum atomic E-state index is -1.44. The second kappa shape index (κ2) is 6.66. The van der Waals surface area contributed by atoms with Crippen LogP contribution in [-0.2, 0) is 5.60 Å². The Hall–Kier alpha value is -2.32. The summed E-state index contributed by atoms with van der Waals surface area (Å²) in [4.78, 5) is 7.77. The number of aliphatic hydroxyl groups is 1. The third kappa shape index (κ3) is 3.29. The normalized spacial score (nSPS) is 13.0. The van der Waals surface area contributed by atoms with Gasteiger partial charge in [-0.25, -0.2) is 9.97 Å². The third-order valence-corrected chi connectivity index (χ3v) is 4.10. The van der Waals surface area contributed by atoms with Gasteiger partial charge in [0, 0.05) is 6.07 Å². The predicted octanol–water partition coefficient (Wildman–Crippen LogP) is 4.43.